The number of phenolic OH excluding ortho intramolecular Hbond substituents is 1. The van der Waals surface area contributed by atoms with Gasteiger partial charge in [0.1, 0.15) is 11.6 Å². The number of nitrogens with zero attached hydrogens (tertiary/aromatic N) is 2. The molecule has 1 aromatic carbocycles. The first kappa shape index (κ1) is 8.77. The summed E-state index contributed by atoms with van der Waals surface area (Å²) >= 11 is 0. The third-order valence-electron chi connectivity index (χ3n) is 2.96. The second kappa shape index (κ2) is 3.26. The normalized spacial score (nSPS) is 20.5. The van der Waals surface area contributed by atoms with Crippen molar-refractivity contribution in [3.8, 4) is 5.75 Å². The van der Waals surface area contributed by atoms with E-state index in [2.05, 4.69) is 9.89 Å². The fraction of sp³-hybridized carbons (Fsp3) is 0.417. The Morgan fingerprint density at radius 3 is 2.93 bits per heavy atom. The van der Waals surface area contributed by atoms with E-state index in [1.165, 1.54) is 18.7 Å². The Morgan fingerprint density at radius 1 is 1.33 bits per heavy atom. The second-order valence-electron chi connectivity index (χ2n) is 4.19. The van der Waals surface area contributed by atoms with Crippen molar-refractivity contribution in [3.05, 3.63) is 24.3 Å². The van der Waals surface area contributed by atoms with Gasteiger partial charge in [0.15, 0.2) is 0 Å². The smallest absolute Gasteiger partial charge is 0.117 e. The van der Waals surface area contributed by atoms with E-state index < -0.39 is 0 Å². The Hall–Kier alpha value is -1.51. The lowest BCUT2D eigenvalue weighted by molar-refractivity contribution is 0.475. The minimum atomic E-state index is 0.328. The highest BCUT2D eigenvalue weighted by molar-refractivity contribution is 6.02. The maximum atomic E-state index is 9.45. The number of benzene rings is 1. The number of anilines is 1. The van der Waals surface area contributed by atoms with Gasteiger partial charge in [-0.25, -0.2) is 0 Å². The van der Waals surface area contributed by atoms with Crippen LogP contribution in [0.5, 0.6) is 5.75 Å². The Kier molecular flexibility index (Phi) is 1.91. The monoisotopic (exact) mass is 202 g/mol. The van der Waals surface area contributed by atoms with Crippen LogP contribution in [0.15, 0.2) is 29.3 Å². The van der Waals surface area contributed by atoms with E-state index in [0.717, 1.165) is 18.8 Å². The fourth-order valence-corrected chi connectivity index (χ4v) is 2.08. The molecule has 1 aromatic rings. The first-order chi connectivity index (χ1) is 7.34. The summed E-state index contributed by atoms with van der Waals surface area (Å²) in [4.78, 5) is 6.78. The molecule has 1 fully saturated rings. The number of phenols is 1. The molecule has 0 atom stereocenters. The SMILES string of the molecule is Oc1cccc(N2CCN=C2C2CC2)c1. The van der Waals surface area contributed by atoms with Gasteiger partial charge in [0.25, 0.3) is 0 Å². The molecule has 0 bridgehead atoms. The third-order valence-corrected chi connectivity index (χ3v) is 2.96. The van der Waals surface area contributed by atoms with E-state index >= 15 is 0 Å². The van der Waals surface area contributed by atoms with E-state index in [9.17, 15) is 5.11 Å². The zero-order chi connectivity index (χ0) is 10.3. The van der Waals surface area contributed by atoms with Gasteiger partial charge in [-0.05, 0) is 25.0 Å². The van der Waals surface area contributed by atoms with Crippen LogP contribution in [0.1, 0.15) is 12.8 Å². The molecule has 1 aliphatic carbocycles. The van der Waals surface area contributed by atoms with Crippen LogP contribution in [0.4, 0.5) is 5.69 Å². The van der Waals surface area contributed by atoms with Gasteiger partial charge in [0.05, 0.1) is 6.54 Å². The van der Waals surface area contributed by atoms with Crippen LogP contribution in [0.3, 0.4) is 0 Å². The molecule has 2 aliphatic rings. The van der Waals surface area contributed by atoms with E-state index in [1.807, 2.05) is 18.2 Å². The molecular formula is C12H14N2O. The van der Waals surface area contributed by atoms with E-state index in [-0.39, 0.29) is 0 Å². The standard InChI is InChI=1S/C12H14N2O/c15-11-3-1-2-10(8-11)14-7-6-13-12(14)9-4-5-9/h1-3,8-9,15H,4-7H2. The Morgan fingerprint density at radius 2 is 2.20 bits per heavy atom. The average molecular weight is 202 g/mol. The Bertz CT molecular complexity index is 410. The lowest BCUT2D eigenvalue weighted by Crippen LogP contribution is -2.28. The highest BCUT2D eigenvalue weighted by Crippen LogP contribution is 2.35. The highest BCUT2D eigenvalue weighted by Gasteiger charge is 2.33. The molecule has 0 radical (unpaired) electrons. The van der Waals surface area contributed by atoms with Crippen molar-refractivity contribution in [2.75, 3.05) is 18.0 Å². The van der Waals surface area contributed by atoms with Crippen molar-refractivity contribution < 1.29 is 5.11 Å². The second-order valence-corrected chi connectivity index (χ2v) is 4.19. The number of amidine groups is 1. The molecular weight excluding hydrogens is 188 g/mol. The zero-order valence-corrected chi connectivity index (χ0v) is 8.56. The van der Waals surface area contributed by atoms with Crippen molar-refractivity contribution in [1.29, 1.82) is 0 Å². The molecule has 1 N–H and O–H groups in total. The molecule has 1 aliphatic heterocycles. The number of aromatic hydroxyl groups is 1. The van der Waals surface area contributed by atoms with Crippen LogP contribution in [0.2, 0.25) is 0 Å². The first-order valence-corrected chi connectivity index (χ1v) is 5.45. The molecule has 1 saturated carbocycles. The van der Waals surface area contributed by atoms with Crippen molar-refractivity contribution in [3.63, 3.8) is 0 Å². The molecule has 0 aromatic heterocycles. The third kappa shape index (κ3) is 1.58. The molecule has 0 amide bonds. The maximum absolute atomic E-state index is 9.45. The molecule has 0 unspecified atom stereocenters. The minimum Gasteiger partial charge on any atom is -0.508 e. The number of aliphatic imine (C=N–C) groups is 1. The van der Waals surface area contributed by atoms with Gasteiger partial charge in [-0.15, -0.1) is 0 Å². The summed E-state index contributed by atoms with van der Waals surface area (Å²) < 4.78 is 0. The highest BCUT2D eigenvalue weighted by atomic mass is 16.3. The molecule has 3 nitrogen and oxygen atoms in total. The molecule has 15 heavy (non-hydrogen) atoms. The Labute approximate surface area is 89.1 Å². The number of hydrogen-bond donors (Lipinski definition) is 1. The maximum Gasteiger partial charge on any atom is 0.117 e. The summed E-state index contributed by atoms with van der Waals surface area (Å²) in [6.07, 6.45) is 2.54. The van der Waals surface area contributed by atoms with Crippen LogP contribution < -0.4 is 4.90 Å². The van der Waals surface area contributed by atoms with Crippen molar-refractivity contribution in [2.45, 2.75) is 12.8 Å². The predicted molar refractivity (Wildman–Crippen MR) is 60.5 cm³/mol. The molecule has 0 spiro atoms. The van der Waals surface area contributed by atoms with Crippen LogP contribution >= 0.6 is 0 Å². The van der Waals surface area contributed by atoms with Gasteiger partial charge in [-0.2, -0.15) is 0 Å². The Balaban J connectivity index is 1.90. The lowest BCUT2D eigenvalue weighted by Gasteiger charge is -2.20. The van der Waals surface area contributed by atoms with E-state index in [4.69, 9.17) is 0 Å². The number of hydrogen-bond acceptors (Lipinski definition) is 3. The van der Waals surface area contributed by atoms with Crippen LogP contribution in [-0.4, -0.2) is 24.0 Å². The van der Waals surface area contributed by atoms with Gasteiger partial charge >= 0.3 is 0 Å². The largest absolute Gasteiger partial charge is 0.508 e. The summed E-state index contributed by atoms with van der Waals surface area (Å²) in [6.45, 7) is 1.84. The summed E-state index contributed by atoms with van der Waals surface area (Å²) in [7, 11) is 0. The lowest BCUT2D eigenvalue weighted by atomic mass is 10.2. The molecule has 3 heteroatoms. The molecule has 78 valence electrons. The first-order valence-electron chi connectivity index (χ1n) is 5.45. The molecule has 0 saturated heterocycles. The predicted octanol–water partition coefficient (Wildman–Crippen LogP) is 2.02. The minimum absolute atomic E-state index is 0.328. The quantitative estimate of drug-likeness (QED) is 0.796. The van der Waals surface area contributed by atoms with Crippen LogP contribution in [0, 0.1) is 5.92 Å². The summed E-state index contributed by atoms with van der Waals surface area (Å²) in [5.74, 6) is 2.23. The van der Waals surface area contributed by atoms with E-state index in [0.29, 0.717) is 11.7 Å². The van der Waals surface area contributed by atoms with Gasteiger partial charge in [0.2, 0.25) is 0 Å². The average Bonchev–Trinajstić information content (AvgIpc) is 2.96. The number of rotatable bonds is 2. The van der Waals surface area contributed by atoms with Crippen molar-refractivity contribution in [1.82, 2.24) is 0 Å². The summed E-state index contributed by atoms with van der Waals surface area (Å²) in [5, 5.41) is 9.45. The van der Waals surface area contributed by atoms with Crippen molar-refractivity contribution in [2.24, 2.45) is 10.9 Å². The summed E-state index contributed by atoms with van der Waals surface area (Å²) in [5.41, 5.74) is 1.07. The molecule has 1 heterocycles. The van der Waals surface area contributed by atoms with Gasteiger partial charge in [-0.1, -0.05) is 6.07 Å². The summed E-state index contributed by atoms with van der Waals surface area (Å²) in [6, 6.07) is 7.42. The van der Waals surface area contributed by atoms with Crippen LogP contribution in [-0.2, 0) is 0 Å². The van der Waals surface area contributed by atoms with Crippen molar-refractivity contribution >= 4 is 11.5 Å². The van der Waals surface area contributed by atoms with Crippen LogP contribution in [0.25, 0.3) is 0 Å². The molecule has 3 rings (SSSR count). The van der Waals surface area contributed by atoms with Gasteiger partial charge in [-0.3, -0.25) is 4.99 Å². The van der Waals surface area contributed by atoms with Gasteiger partial charge in [0, 0.05) is 24.2 Å². The fourth-order valence-electron chi connectivity index (χ4n) is 2.08. The zero-order valence-electron chi connectivity index (χ0n) is 8.56. The van der Waals surface area contributed by atoms with E-state index in [1.54, 1.807) is 6.07 Å². The van der Waals surface area contributed by atoms with Gasteiger partial charge < -0.3 is 10.0 Å². The topological polar surface area (TPSA) is 35.8 Å².